The molecule has 0 radical (unpaired) electrons. The number of nitrogens with one attached hydrogen (secondary N) is 2. The number of aliphatic imine (C=N–C) groups is 1. The summed E-state index contributed by atoms with van der Waals surface area (Å²) >= 11 is 0. The molecule has 7 heteroatoms. The van der Waals surface area contributed by atoms with Crippen LogP contribution in [0, 0.1) is 0 Å². The Morgan fingerprint density at radius 2 is 2.04 bits per heavy atom. The van der Waals surface area contributed by atoms with Gasteiger partial charge >= 0.3 is 0 Å². The first-order chi connectivity index (χ1) is 12.7. The van der Waals surface area contributed by atoms with E-state index >= 15 is 0 Å². The van der Waals surface area contributed by atoms with Gasteiger partial charge in [0.15, 0.2) is 5.96 Å². The van der Waals surface area contributed by atoms with Crippen LogP contribution in [0.15, 0.2) is 23.3 Å². The quantitative estimate of drug-likeness (QED) is 0.241. The lowest BCUT2D eigenvalue weighted by molar-refractivity contribution is 0.0277. The van der Waals surface area contributed by atoms with Gasteiger partial charge in [0.2, 0.25) is 0 Å². The van der Waals surface area contributed by atoms with Gasteiger partial charge in [-0.15, -0.1) is 24.0 Å². The minimum Gasteiger partial charge on any atom is -0.378 e. The van der Waals surface area contributed by atoms with Gasteiger partial charge in [0.05, 0.1) is 12.6 Å². The molecule has 27 heavy (non-hydrogen) atoms. The summed E-state index contributed by atoms with van der Waals surface area (Å²) in [5.41, 5.74) is 1.12. The number of guanidine groups is 1. The Kier molecular flexibility index (Phi) is 12.4. The minimum atomic E-state index is 0. The van der Waals surface area contributed by atoms with Crippen LogP contribution in [0.4, 0.5) is 5.82 Å². The van der Waals surface area contributed by atoms with Crippen LogP contribution in [0.2, 0.25) is 0 Å². The standard InChI is InChI=1S/C20H35N5O.HI/c1-4-21-20(23-14-9-15-26-18-11-6-5-7-12-18)24-16-17-10-8-13-22-19(17)25(2)3;/h8,10,13,18H,4-7,9,11-12,14-16H2,1-3H3,(H2,21,23,24);1H. The Balaban J connectivity index is 0.00000364. The van der Waals surface area contributed by atoms with Crippen LogP contribution in [0.25, 0.3) is 0 Å². The van der Waals surface area contributed by atoms with E-state index in [0.717, 1.165) is 43.5 Å². The van der Waals surface area contributed by atoms with Crippen molar-refractivity contribution in [2.45, 2.75) is 58.1 Å². The largest absolute Gasteiger partial charge is 0.378 e. The van der Waals surface area contributed by atoms with Gasteiger partial charge in [0.25, 0.3) is 0 Å². The summed E-state index contributed by atoms with van der Waals surface area (Å²) < 4.78 is 5.98. The number of rotatable bonds is 9. The fourth-order valence-corrected chi connectivity index (χ4v) is 3.22. The predicted molar refractivity (Wildman–Crippen MR) is 124 cm³/mol. The van der Waals surface area contributed by atoms with Crippen LogP contribution in [0.5, 0.6) is 0 Å². The van der Waals surface area contributed by atoms with Crippen molar-refractivity contribution >= 4 is 35.8 Å². The van der Waals surface area contributed by atoms with Crippen molar-refractivity contribution in [2.75, 3.05) is 38.7 Å². The van der Waals surface area contributed by atoms with E-state index < -0.39 is 0 Å². The Morgan fingerprint density at radius 1 is 1.26 bits per heavy atom. The van der Waals surface area contributed by atoms with Crippen LogP contribution < -0.4 is 15.5 Å². The molecule has 0 aliphatic heterocycles. The molecule has 0 bridgehead atoms. The number of halogens is 1. The van der Waals surface area contributed by atoms with E-state index in [4.69, 9.17) is 9.73 Å². The van der Waals surface area contributed by atoms with Crippen molar-refractivity contribution < 1.29 is 4.74 Å². The van der Waals surface area contributed by atoms with Crippen molar-refractivity contribution in [1.29, 1.82) is 0 Å². The molecule has 0 amide bonds. The lowest BCUT2D eigenvalue weighted by atomic mass is 9.98. The average Bonchev–Trinajstić information content (AvgIpc) is 2.66. The molecule has 1 saturated carbocycles. The van der Waals surface area contributed by atoms with E-state index in [1.165, 1.54) is 32.1 Å². The second-order valence-electron chi connectivity index (χ2n) is 6.99. The zero-order valence-corrected chi connectivity index (χ0v) is 19.4. The fraction of sp³-hybridized carbons (Fsp3) is 0.700. The summed E-state index contributed by atoms with van der Waals surface area (Å²) in [6.45, 7) is 5.22. The first-order valence-corrected chi connectivity index (χ1v) is 9.95. The van der Waals surface area contributed by atoms with Gasteiger partial charge in [0, 0.05) is 45.6 Å². The van der Waals surface area contributed by atoms with Gasteiger partial charge in [-0.25, -0.2) is 9.98 Å². The molecular formula is C20H36IN5O. The van der Waals surface area contributed by atoms with Gasteiger partial charge in [-0.05, 0) is 32.3 Å². The number of hydrogen-bond acceptors (Lipinski definition) is 4. The Labute approximate surface area is 181 Å². The van der Waals surface area contributed by atoms with Crippen molar-refractivity contribution in [2.24, 2.45) is 4.99 Å². The molecule has 154 valence electrons. The third kappa shape index (κ3) is 9.10. The maximum Gasteiger partial charge on any atom is 0.191 e. The SMILES string of the molecule is CCNC(=NCc1cccnc1N(C)C)NCCCOC1CCCCC1.I. The molecule has 1 aliphatic rings. The van der Waals surface area contributed by atoms with Crippen molar-refractivity contribution in [1.82, 2.24) is 15.6 Å². The van der Waals surface area contributed by atoms with E-state index in [0.29, 0.717) is 12.6 Å². The number of hydrogen-bond donors (Lipinski definition) is 2. The van der Waals surface area contributed by atoms with Crippen LogP contribution in [0.3, 0.4) is 0 Å². The molecular weight excluding hydrogens is 453 g/mol. The minimum absolute atomic E-state index is 0. The average molecular weight is 489 g/mol. The van der Waals surface area contributed by atoms with Crippen LogP contribution in [-0.4, -0.2) is 50.8 Å². The topological polar surface area (TPSA) is 61.8 Å². The van der Waals surface area contributed by atoms with E-state index in [1.54, 1.807) is 0 Å². The van der Waals surface area contributed by atoms with Gasteiger partial charge in [-0.3, -0.25) is 0 Å². The maximum absolute atomic E-state index is 5.98. The highest BCUT2D eigenvalue weighted by Crippen LogP contribution is 2.20. The van der Waals surface area contributed by atoms with E-state index in [9.17, 15) is 0 Å². The first kappa shape index (κ1) is 23.9. The lowest BCUT2D eigenvalue weighted by Gasteiger charge is -2.22. The number of anilines is 1. The number of aromatic nitrogens is 1. The Hall–Kier alpha value is -1.09. The first-order valence-electron chi connectivity index (χ1n) is 9.95. The zero-order chi connectivity index (χ0) is 18.6. The summed E-state index contributed by atoms with van der Waals surface area (Å²) in [4.78, 5) is 11.2. The number of pyridine rings is 1. The van der Waals surface area contributed by atoms with Gasteiger partial charge in [0.1, 0.15) is 5.82 Å². The molecule has 1 fully saturated rings. The third-order valence-electron chi connectivity index (χ3n) is 4.56. The Morgan fingerprint density at radius 3 is 2.74 bits per heavy atom. The molecule has 2 N–H and O–H groups in total. The molecule has 0 unspecified atom stereocenters. The summed E-state index contributed by atoms with van der Waals surface area (Å²) in [7, 11) is 4.01. The summed E-state index contributed by atoms with van der Waals surface area (Å²) in [6, 6.07) is 4.04. The molecule has 6 nitrogen and oxygen atoms in total. The highest BCUT2D eigenvalue weighted by Gasteiger charge is 2.13. The molecule has 0 spiro atoms. The second kappa shape index (κ2) is 14.0. The monoisotopic (exact) mass is 489 g/mol. The molecule has 0 saturated heterocycles. The zero-order valence-electron chi connectivity index (χ0n) is 17.0. The summed E-state index contributed by atoms with van der Waals surface area (Å²) in [5.74, 6) is 1.81. The van der Waals surface area contributed by atoms with Gasteiger partial charge in [-0.1, -0.05) is 25.3 Å². The predicted octanol–water partition coefficient (Wildman–Crippen LogP) is 3.56. The van der Waals surface area contributed by atoms with Gasteiger partial charge < -0.3 is 20.3 Å². The molecule has 2 rings (SSSR count). The van der Waals surface area contributed by atoms with Crippen molar-refractivity contribution in [3.8, 4) is 0 Å². The second-order valence-corrected chi connectivity index (χ2v) is 6.99. The molecule has 1 aliphatic carbocycles. The van der Waals surface area contributed by atoms with Crippen LogP contribution >= 0.6 is 24.0 Å². The number of nitrogens with zero attached hydrogens (tertiary/aromatic N) is 3. The highest BCUT2D eigenvalue weighted by molar-refractivity contribution is 14.0. The fourth-order valence-electron chi connectivity index (χ4n) is 3.22. The van der Waals surface area contributed by atoms with Crippen LogP contribution in [0.1, 0.15) is 51.0 Å². The van der Waals surface area contributed by atoms with Gasteiger partial charge in [-0.2, -0.15) is 0 Å². The summed E-state index contributed by atoms with van der Waals surface area (Å²) in [6.07, 6.45) is 9.78. The van der Waals surface area contributed by atoms with Crippen molar-refractivity contribution in [3.05, 3.63) is 23.9 Å². The van der Waals surface area contributed by atoms with E-state index in [1.807, 2.05) is 31.3 Å². The smallest absolute Gasteiger partial charge is 0.191 e. The Bertz CT molecular complexity index is 547. The molecule has 1 aromatic rings. The molecule has 0 aromatic carbocycles. The highest BCUT2D eigenvalue weighted by atomic mass is 127. The summed E-state index contributed by atoms with van der Waals surface area (Å²) in [5, 5.41) is 6.71. The third-order valence-corrected chi connectivity index (χ3v) is 4.56. The lowest BCUT2D eigenvalue weighted by Crippen LogP contribution is -2.38. The molecule has 1 aromatic heterocycles. The van der Waals surface area contributed by atoms with E-state index in [-0.39, 0.29) is 24.0 Å². The number of ether oxygens (including phenoxy) is 1. The maximum atomic E-state index is 5.98. The normalized spacial score (nSPS) is 15.1. The molecule has 1 heterocycles. The van der Waals surface area contributed by atoms with E-state index in [2.05, 4.69) is 28.6 Å². The molecule has 0 atom stereocenters. The van der Waals surface area contributed by atoms with Crippen molar-refractivity contribution in [3.63, 3.8) is 0 Å². The van der Waals surface area contributed by atoms with Crippen LogP contribution in [-0.2, 0) is 11.3 Å².